The summed E-state index contributed by atoms with van der Waals surface area (Å²) in [4.78, 5) is 12.1. The van der Waals surface area contributed by atoms with Crippen molar-refractivity contribution in [1.29, 1.82) is 0 Å². The van der Waals surface area contributed by atoms with E-state index in [1.807, 2.05) is 31.2 Å². The van der Waals surface area contributed by atoms with Gasteiger partial charge in [-0.3, -0.25) is 4.79 Å². The molecular weight excluding hydrogens is 304 g/mol. The molecule has 1 aromatic carbocycles. The summed E-state index contributed by atoms with van der Waals surface area (Å²) >= 11 is 0. The van der Waals surface area contributed by atoms with E-state index in [1.54, 1.807) is 7.11 Å². The third kappa shape index (κ3) is 3.27. The zero-order chi connectivity index (χ0) is 14.8. The van der Waals surface area contributed by atoms with E-state index in [4.69, 9.17) is 9.15 Å². The molecule has 6 heteroatoms. The molecule has 0 radical (unpaired) electrons. The molecule has 0 bridgehead atoms. The topological polar surface area (TPSA) is 63.5 Å². The van der Waals surface area contributed by atoms with Crippen molar-refractivity contribution in [2.75, 3.05) is 13.7 Å². The lowest BCUT2D eigenvalue weighted by atomic mass is 10.1. The van der Waals surface area contributed by atoms with Crippen LogP contribution in [0.3, 0.4) is 0 Å². The molecule has 5 nitrogen and oxygen atoms in total. The summed E-state index contributed by atoms with van der Waals surface area (Å²) in [5, 5.41) is 7.20. The number of fused-ring (bicyclic) bond motifs is 1. The predicted octanol–water partition coefficient (Wildman–Crippen LogP) is 2.16. The molecule has 1 amide bonds. The van der Waals surface area contributed by atoms with Crippen LogP contribution in [0.5, 0.6) is 0 Å². The van der Waals surface area contributed by atoms with Crippen molar-refractivity contribution in [3.05, 3.63) is 35.6 Å². The fraction of sp³-hybridized carbons (Fsp3) is 0.438. The molecule has 2 heterocycles. The van der Waals surface area contributed by atoms with Crippen LogP contribution in [0.2, 0.25) is 0 Å². The Morgan fingerprint density at radius 1 is 1.45 bits per heavy atom. The minimum Gasteiger partial charge on any atom is -0.459 e. The van der Waals surface area contributed by atoms with Gasteiger partial charge in [-0.1, -0.05) is 18.2 Å². The van der Waals surface area contributed by atoms with Crippen LogP contribution in [0.4, 0.5) is 0 Å². The van der Waals surface area contributed by atoms with Crippen molar-refractivity contribution < 1.29 is 13.9 Å². The first kappa shape index (κ1) is 16.8. The minimum atomic E-state index is -0.181. The summed E-state index contributed by atoms with van der Waals surface area (Å²) < 4.78 is 11.0. The number of methoxy groups -OCH3 is 1. The van der Waals surface area contributed by atoms with Crippen molar-refractivity contribution in [3.8, 4) is 0 Å². The highest BCUT2D eigenvalue weighted by atomic mass is 35.5. The van der Waals surface area contributed by atoms with Crippen LogP contribution in [-0.4, -0.2) is 31.7 Å². The number of halogens is 1. The third-order valence-corrected chi connectivity index (χ3v) is 4.11. The highest BCUT2D eigenvalue weighted by Crippen LogP contribution is 2.24. The number of furan rings is 1. The number of aryl methyl sites for hydroxylation is 1. The second-order valence-electron chi connectivity index (χ2n) is 5.42. The van der Waals surface area contributed by atoms with Gasteiger partial charge in [-0.05, 0) is 19.4 Å². The van der Waals surface area contributed by atoms with Crippen molar-refractivity contribution in [1.82, 2.24) is 10.6 Å². The number of hydrogen-bond donors (Lipinski definition) is 2. The standard InChI is InChI=1S/C16H20N2O3.ClH/c1-10-12-5-3-4-6-14(12)21-15(10)9-18-16(19)13-7-11(20-2)8-17-13;/h3-6,11,13,17H,7-9H2,1-2H3,(H,18,19);1H/t11-,13-;/m0./s1. The Balaban J connectivity index is 0.00000176. The lowest BCUT2D eigenvalue weighted by Crippen LogP contribution is -2.40. The number of para-hydroxylation sites is 1. The van der Waals surface area contributed by atoms with Gasteiger partial charge in [0.2, 0.25) is 5.91 Å². The van der Waals surface area contributed by atoms with Crippen LogP contribution in [0.1, 0.15) is 17.7 Å². The molecule has 0 saturated carbocycles. The number of hydrogen-bond acceptors (Lipinski definition) is 4. The van der Waals surface area contributed by atoms with Gasteiger partial charge in [0.1, 0.15) is 11.3 Å². The Labute approximate surface area is 135 Å². The molecule has 1 saturated heterocycles. The summed E-state index contributed by atoms with van der Waals surface area (Å²) in [5.41, 5.74) is 1.94. The van der Waals surface area contributed by atoms with Gasteiger partial charge in [0.25, 0.3) is 0 Å². The van der Waals surface area contributed by atoms with E-state index in [1.165, 1.54) is 0 Å². The molecule has 1 aliphatic heterocycles. The number of amides is 1. The van der Waals surface area contributed by atoms with Crippen LogP contribution < -0.4 is 10.6 Å². The molecule has 3 rings (SSSR count). The first-order chi connectivity index (χ1) is 10.2. The normalized spacial score (nSPS) is 20.8. The second-order valence-corrected chi connectivity index (χ2v) is 5.42. The van der Waals surface area contributed by atoms with Gasteiger partial charge >= 0.3 is 0 Å². The maximum Gasteiger partial charge on any atom is 0.237 e. The molecule has 0 aliphatic carbocycles. The van der Waals surface area contributed by atoms with E-state index in [0.717, 1.165) is 28.8 Å². The molecule has 2 aromatic rings. The number of rotatable bonds is 4. The van der Waals surface area contributed by atoms with E-state index in [0.29, 0.717) is 13.0 Å². The van der Waals surface area contributed by atoms with Crippen LogP contribution in [0, 0.1) is 6.92 Å². The Hall–Kier alpha value is -1.56. The van der Waals surface area contributed by atoms with E-state index < -0.39 is 0 Å². The first-order valence-corrected chi connectivity index (χ1v) is 7.20. The lowest BCUT2D eigenvalue weighted by Gasteiger charge is -2.10. The Kier molecular flexibility index (Phi) is 5.45. The molecular formula is C16H21ClN2O3. The van der Waals surface area contributed by atoms with Gasteiger partial charge in [0, 0.05) is 24.6 Å². The number of carbonyl (C=O) groups excluding carboxylic acids is 1. The molecule has 120 valence electrons. The second kappa shape index (κ2) is 7.13. The van der Waals surface area contributed by atoms with E-state index in [9.17, 15) is 4.79 Å². The zero-order valence-electron chi connectivity index (χ0n) is 12.7. The van der Waals surface area contributed by atoms with Crippen molar-refractivity contribution in [2.45, 2.75) is 32.0 Å². The molecule has 1 aromatic heterocycles. The first-order valence-electron chi connectivity index (χ1n) is 7.20. The van der Waals surface area contributed by atoms with Crippen LogP contribution in [0.15, 0.2) is 28.7 Å². The Bertz CT molecular complexity index is 656. The average Bonchev–Trinajstić information content (AvgIpc) is 3.10. The van der Waals surface area contributed by atoms with Gasteiger partial charge in [0.05, 0.1) is 18.7 Å². The van der Waals surface area contributed by atoms with Gasteiger partial charge in [-0.2, -0.15) is 0 Å². The molecule has 1 aliphatic rings. The molecule has 2 N–H and O–H groups in total. The van der Waals surface area contributed by atoms with Crippen LogP contribution in [0.25, 0.3) is 11.0 Å². The monoisotopic (exact) mass is 324 g/mol. The minimum absolute atomic E-state index is 0. The summed E-state index contributed by atoms with van der Waals surface area (Å²) in [6.07, 6.45) is 0.829. The maximum absolute atomic E-state index is 12.1. The molecule has 0 unspecified atom stereocenters. The number of carbonyl (C=O) groups is 1. The summed E-state index contributed by atoms with van der Waals surface area (Å²) in [5.74, 6) is 0.806. The Morgan fingerprint density at radius 2 is 2.23 bits per heavy atom. The number of ether oxygens (including phenoxy) is 1. The van der Waals surface area contributed by atoms with Crippen molar-refractivity contribution in [3.63, 3.8) is 0 Å². The quantitative estimate of drug-likeness (QED) is 0.904. The highest BCUT2D eigenvalue weighted by molar-refractivity contribution is 5.85. The SMILES string of the molecule is CO[C@@H]1CN[C@H](C(=O)NCc2oc3ccccc3c2C)C1.Cl. The van der Waals surface area contributed by atoms with E-state index in [2.05, 4.69) is 10.6 Å². The largest absolute Gasteiger partial charge is 0.459 e. The molecule has 2 atom stereocenters. The van der Waals surface area contributed by atoms with Gasteiger partial charge in [0.15, 0.2) is 0 Å². The van der Waals surface area contributed by atoms with Gasteiger partial charge in [-0.25, -0.2) is 0 Å². The van der Waals surface area contributed by atoms with Gasteiger partial charge in [-0.15, -0.1) is 12.4 Å². The van der Waals surface area contributed by atoms with Gasteiger partial charge < -0.3 is 19.8 Å². The van der Waals surface area contributed by atoms with Crippen LogP contribution >= 0.6 is 12.4 Å². The number of nitrogens with one attached hydrogen (secondary N) is 2. The van der Waals surface area contributed by atoms with E-state index >= 15 is 0 Å². The molecule has 0 spiro atoms. The van der Waals surface area contributed by atoms with E-state index in [-0.39, 0.29) is 30.5 Å². The Morgan fingerprint density at radius 3 is 2.91 bits per heavy atom. The average molecular weight is 325 g/mol. The summed E-state index contributed by atoms with van der Waals surface area (Å²) in [7, 11) is 1.67. The smallest absolute Gasteiger partial charge is 0.237 e. The molecule has 22 heavy (non-hydrogen) atoms. The molecule has 1 fully saturated rings. The maximum atomic E-state index is 12.1. The lowest BCUT2D eigenvalue weighted by molar-refractivity contribution is -0.123. The fourth-order valence-corrected chi connectivity index (χ4v) is 2.77. The highest BCUT2D eigenvalue weighted by Gasteiger charge is 2.29. The third-order valence-electron chi connectivity index (χ3n) is 4.11. The summed E-state index contributed by atoms with van der Waals surface area (Å²) in [6.45, 7) is 3.15. The predicted molar refractivity (Wildman–Crippen MR) is 87.3 cm³/mol. The number of benzene rings is 1. The van der Waals surface area contributed by atoms with Crippen molar-refractivity contribution >= 4 is 29.3 Å². The zero-order valence-corrected chi connectivity index (χ0v) is 13.5. The van der Waals surface area contributed by atoms with Crippen molar-refractivity contribution in [2.24, 2.45) is 0 Å². The summed E-state index contributed by atoms with van der Waals surface area (Å²) in [6, 6.07) is 7.72. The van der Waals surface area contributed by atoms with Crippen LogP contribution in [-0.2, 0) is 16.1 Å². The fourth-order valence-electron chi connectivity index (χ4n) is 2.77.